The van der Waals surface area contributed by atoms with Crippen molar-refractivity contribution in [2.75, 3.05) is 23.4 Å². The third-order valence-corrected chi connectivity index (χ3v) is 4.72. The monoisotopic (exact) mass is 353 g/mol. The van der Waals surface area contributed by atoms with Gasteiger partial charge < -0.3 is 4.90 Å². The van der Waals surface area contributed by atoms with Crippen LogP contribution in [-0.4, -0.2) is 28.6 Å². The van der Waals surface area contributed by atoms with Crippen molar-refractivity contribution in [1.29, 1.82) is 0 Å². The fourth-order valence-electron chi connectivity index (χ4n) is 3.49. The smallest absolute Gasteiger partial charge is 0.301 e. The molecule has 2 heterocycles. The molecular formula is C17H15N5O4. The van der Waals surface area contributed by atoms with E-state index in [2.05, 4.69) is 21.5 Å². The molecule has 0 bridgehead atoms. The summed E-state index contributed by atoms with van der Waals surface area (Å²) in [5, 5.41) is 26.4. The minimum atomic E-state index is -0.661. The lowest BCUT2D eigenvalue weighted by molar-refractivity contribution is -0.393. The van der Waals surface area contributed by atoms with E-state index in [-0.39, 0.29) is 17.1 Å². The molecule has 0 atom stereocenters. The van der Waals surface area contributed by atoms with Gasteiger partial charge in [0.15, 0.2) is 0 Å². The van der Waals surface area contributed by atoms with Crippen LogP contribution in [0.2, 0.25) is 0 Å². The summed E-state index contributed by atoms with van der Waals surface area (Å²) < 4.78 is 0. The maximum Gasteiger partial charge on any atom is 0.301 e. The van der Waals surface area contributed by atoms with Crippen molar-refractivity contribution in [3.8, 4) is 0 Å². The van der Waals surface area contributed by atoms with Crippen LogP contribution in [0.1, 0.15) is 17.5 Å². The molecule has 0 radical (unpaired) electrons. The van der Waals surface area contributed by atoms with Gasteiger partial charge in [-0.05, 0) is 18.1 Å². The van der Waals surface area contributed by atoms with E-state index in [1.54, 1.807) is 0 Å². The molecule has 0 saturated carbocycles. The first-order chi connectivity index (χ1) is 12.5. The first-order valence-electron chi connectivity index (χ1n) is 8.17. The second-order valence-corrected chi connectivity index (χ2v) is 6.19. The first kappa shape index (κ1) is 16.0. The predicted molar refractivity (Wildman–Crippen MR) is 96.9 cm³/mol. The van der Waals surface area contributed by atoms with Gasteiger partial charge in [-0.2, -0.15) is 5.10 Å². The molecule has 2 aliphatic rings. The number of nitro groups is 2. The highest BCUT2D eigenvalue weighted by Crippen LogP contribution is 2.36. The Morgan fingerprint density at radius 2 is 1.85 bits per heavy atom. The third-order valence-electron chi connectivity index (χ3n) is 4.72. The van der Waals surface area contributed by atoms with Gasteiger partial charge in [0.05, 0.1) is 21.6 Å². The van der Waals surface area contributed by atoms with Gasteiger partial charge in [0.2, 0.25) is 0 Å². The Labute approximate surface area is 148 Å². The lowest BCUT2D eigenvalue weighted by atomic mass is 9.98. The van der Waals surface area contributed by atoms with Crippen LogP contribution >= 0.6 is 0 Å². The van der Waals surface area contributed by atoms with Gasteiger partial charge in [-0.25, -0.2) is 0 Å². The van der Waals surface area contributed by atoms with E-state index in [4.69, 9.17) is 0 Å². The summed E-state index contributed by atoms with van der Waals surface area (Å²) in [6, 6.07) is 9.57. The highest BCUT2D eigenvalue weighted by Gasteiger charge is 2.28. The van der Waals surface area contributed by atoms with E-state index in [1.807, 2.05) is 12.1 Å². The van der Waals surface area contributed by atoms with Crippen LogP contribution in [0, 0.1) is 20.2 Å². The Bertz CT molecular complexity index is 956. The van der Waals surface area contributed by atoms with E-state index in [0.717, 1.165) is 43.3 Å². The standard InChI is InChI=1S/C17H15N5O4/c23-21(24)12-4-5-15(16(10-12)22(25)26)19-18-14-7-9-20-8-6-11-2-1-3-13(14)17(11)20/h1-5,10,19H,6-9H2/b18-14+. The van der Waals surface area contributed by atoms with Gasteiger partial charge >= 0.3 is 5.69 Å². The Morgan fingerprint density at radius 3 is 2.62 bits per heavy atom. The zero-order chi connectivity index (χ0) is 18.3. The number of nitrogens with one attached hydrogen (secondary N) is 1. The number of para-hydroxylation sites is 1. The number of hydrazone groups is 1. The van der Waals surface area contributed by atoms with Crippen molar-refractivity contribution < 1.29 is 9.85 Å². The molecule has 4 rings (SSSR count). The summed E-state index contributed by atoms with van der Waals surface area (Å²) in [7, 11) is 0. The quantitative estimate of drug-likeness (QED) is 0.667. The minimum absolute atomic E-state index is 0.128. The number of nitro benzene ring substituents is 2. The van der Waals surface area contributed by atoms with E-state index in [1.165, 1.54) is 23.4 Å². The van der Waals surface area contributed by atoms with Gasteiger partial charge in [-0.15, -0.1) is 0 Å². The number of rotatable bonds is 4. The number of benzene rings is 2. The molecule has 2 aromatic carbocycles. The second kappa shape index (κ2) is 6.10. The molecule has 26 heavy (non-hydrogen) atoms. The fraction of sp³-hybridized carbons (Fsp3) is 0.235. The summed E-state index contributed by atoms with van der Waals surface area (Å²) in [6.07, 6.45) is 1.74. The summed E-state index contributed by atoms with van der Waals surface area (Å²) >= 11 is 0. The van der Waals surface area contributed by atoms with Crippen molar-refractivity contribution in [3.05, 3.63) is 67.8 Å². The fourth-order valence-corrected chi connectivity index (χ4v) is 3.49. The van der Waals surface area contributed by atoms with Crippen molar-refractivity contribution in [2.24, 2.45) is 5.10 Å². The number of hydrogen-bond donors (Lipinski definition) is 1. The van der Waals surface area contributed by atoms with Gasteiger partial charge in [0, 0.05) is 36.8 Å². The highest BCUT2D eigenvalue weighted by atomic mass is 16.6. The van der Waals surface area contributed by atoms with E-state index in [0.29, 0.717) is 0 Å². The van der Waals surface area contributed by atoms with Crippen LogP contribution in [-0.2, 0) is 6.42 Å². The number of nitrogens with zero attached hydrogens (tertiary/aromatic N) is 4. The molecule has 132 valence electrons. The first-order valence-corrected chi connectivity index (χ1v) is 8.17. The van der Waals surface area contributed by atoms with Crippen LogP contribution in [0.15, 0.2) is 41.5 Å². The minimum Gasteiger partial charge on any atom is -0.370 e. The highest BCUT2D eigenvalue weighted by molar-refractivity contribution is 6.08. The summed E-state index contributed by atoms with van der Waals surface area (Å²) in [4.78, 5) is 23.1. The summed E-state index contributed by atoms with van der Waals surface area (Å²) in [5.74, 6) is 0. The normalized spacial score (nSPS) is 16.5. The molecule has 0 aromatic heterocycles. The van der Waals surface area contributed by atoms with Crippen molar-refractivity contribution in [3.63, 3.8) is 0 Å². The molecule has 0 saturated heterocycles. The third kappa shape index (κ3) is 2.63. The summed E-state index contributed by atoms with van der Waals surface area (Å²) in [6.45, 7) is 1.85. The lowest BCUT2D eigenvalue weighted by Crippen LogP contribution is -2.30. The molecule has 0 spiro atoms. The average Bonchev–Trinajstić information content (AvgIpc) is 3.06. The topological polar surface area (TPSA) is 114 Å². The van der Waals surface area contributed by atoms with E-state index in [9.17, 15) is 20.2 Å². The molecule has 1 N–H and O–H groups in total. The second-order valence-electron chi connectivity index (χ2n) is 6.19. The maximum atomic E-state index is 11.2. The Morgan fingerprint density at radius 1 is 1.04 bits per heavy atom. The van der Waals surface area contributed by atoms with Crippen molar-refractivity contribution >= 4 is 28.5 Å². The Hall–Kier alpha value is -3.49. The summed E-state index contributed by atoms with van der Waals surface area (Å²) in [5.41, 5.74) is 6.49. The Kier molecular flexibility index (Phi) is 3.76. The van der Waals surface area contributed by atoms with Crippen molar-refractivity contribution in [1.82, 2.24) is 0 Å². The molecule has 0 unspecified atom stereocenters. The Balaban J connectivity index is 1.68. The molecule has 2 aromatic rings. The molecular weight excluding hydrogens is 338 g/mol. The number of hydrogen-bond acceptors (Lipinski definition) is 7. The van der Waals surface area contributed by atoms with Gasteiger partial charge in [-0.1, -0.05) is 18.2 Å². The zero-order valence-corrected chi connectivity index (χ0v) is 13.7. The van der Waals surface area contributed by atoms with Crippen LogP contribution in [0.3, 0.4) is 0 Å². The van der Waals surface area contributed by atoms with Crippen molar-refractivity contribution in [2.45, 2.75) is 12.8 Å². The van der Waals surface area contributed by atoms with Crippen LogP contribution in [0.25, 0.3) is 0 Å². The van der Waals surface area contributed by atoms with Gasteiger partial charge in [0.1, 0.15) is 5.69 Å². The largest absolute Gasteiger partial charge is 0.370 e. The molecule has 9 nitrogen and oxygen atoms in total. The van der Waals surface area contributed by atoms with Crippen LogP contribution in [0.5, 0.6) is 0 Å². The molecule has 9 heteroatoms. The predicted octanol–water partition coefficient (Wildman–Crippen LogP) is 3.09. The molecule has 0 fully saturated rings. The van der Waals surface area contributed by atoms with Gasteiger partial charge in [0.25, 0.3) is 5.69 Å². The number of non-ortho nitro benzene ring substituents is 1. The average molecular weight is 353 g/mol. The number of anilines is 2. The van der Waals surface area contributed by atoms with Crippen LogP contribution in [0.4, 0.5) is 22.7 Å². The maximum absolute atomic E-state index is 11.2. The zero-order valence-electron chi connectivity index (χ0n) is 13.7. The molecule has 0 aliphatic carbocycles. The van der Waals surface area contributed by atoms with E-state index < -0.39 is 9.85 Å². The van der Waals surface area contributed by atoms with Gasteiger partial charge in [-0.3, -0.25) is 25.7 Å². The van der Waals surface area contributed by atoms with E-state index >= 15 is 0 Å². The molecule has 2 aliphatic heterocycles. The van der Waals surface area contributed by atoms with Crippen LogP contribution < -0.4 is 10.3 Å². The molecule has 0 amide bonds. The lowest BCUT2D eigenvalue weighted by Gasteiger charge is -2.28. The SMILES string of the molecule is O=[N+]([O-])c1ccc(N/N=C2\CCN3CCc4cccc2c43)c([N+](=O)[O-])c1.